The quantitative estimate of drug-likeness (QED) is 0.795. The van der Waals surface area contributed by atoms with Crippen LogP contribution in [0.15, 0.2) is 54.6 Å². The Morgan fingerprint density at radius 3 is 2.74 bits per heavy atom. The summed E-state index contributed by atoms with van der Waals surface area (Å²) < 4.78 is 5.48. The molecule has 0 aromatic heterocycles. The van der Waals surface area contributed by atoms with Crippen molar-refractivity contribution in [1.29, 1.82) is 0 Å². The summed E-state index contributed by atoms with van der Waals surface area (Å²) in [6.45, 7) is 1.77. The number of nitrogens with zero attached hydrogens (tertiary/aromatic N) is 1. The number of carbonyl (C=O) groups is 1. The van der Waals surface area contributed by atoms with Gasteiger partial charge >= 0.3 is 0 Å². The number of amides is 1. The highest BCUT2D eigenvalue weighted by Crippen LogP contribution is 2.51. The fourth-order valence-electron chi connectivity index (χ4n) is 5.25. The highest BCUT2D eigenvalue weighted by molar-refractivity contribution is 5.78. The van der Waals surface area contributed by atoms with Gasteiger partial charge in [0.1, 0.15) is 5.75 Å². The van der Waals surface area contributed by atoms with Crippen molar-refractivity contribution in [2.75, 3.05) is 20.2 Å². The van der Waals surface area contributed by atoms with Gasteiger partial charge in [0.25, 0.3) is 0 Å². The molecule has 27 heavy (non-hydrogen) atoms. The summed E-state index contributed by atoms with van der Waals surface area (Å²) in [4.78, 5) is 15.1. The molecule has 3 heteroatoms. The van der Waals surface area contributed by atoms with Crippen molar-refractivity contribution in [2.24, 2.45) is 5.92 Å². The molecule has 1 saturated carbocycles. The Hall–Kier alpha value is -2.29. The molecule has 142 valence electrons. The van der Waals surface area contributed by atoms with Crippen molar-refractivity contribution in [3.63, 3.8) is 0 Å². The molecule has 2 aliphatic rings. The largest absolute Gasteiger partial charge is 0.497 e. The first-order chi connectivity index (χ1) is 13.2. The van der Waals surface area contributed by atoms with Gasteiger partial charge in [0.15, 0.2) is 0 Å². The standard InChI is InChI=1S/C24H29NO2/c1-27-22-12-5-10-20(17-22)24-13-6-11-21(24)18-25(15-7-14-24)23(26)16-19-8-3-2-4-9-19/h2-5,8-10,12,17,21H,6-7,11,13-16,18H2,1H3. The minimum Gasteiger partial charge on any atom is -0.497 e. The Balaban J connectivity index is 1.54. The molecule has 2 atom stereocenters. The van der Waals surface area contributed by atoms with Gasteiger partial charge in [0.2, 0.25) is 5.91 Å². The second-order valence-corrected chi connectivity index (χ2v) is 8.08. The number of fused-ring (bicyclic) bond motifs is 1. The van der Waals surface area contributed by atoms with Gasteiger partial charge in [-0.2, -0.15) is 0 Å². The van der Waals surface area contributed by atoms with Gasteiger partial charge < -0.3 is 9.64 Å². The number of ether oxygens (including phenoxy) is 1. The zero-order valence-corrected chi connectivity index (χ0v) is 16.2. The average Bonchev–Trinajstić information content (AvgIpc) is 3.02. The average molecular weight is 364 g/mol. The Labute approximate surface area is 162 Å². The monoisotopic (exact) mass is 363 g/mol. The molecule has 2 aromatic rings. The molecule has 2 fully saturated rings. The van der Waals surface area contributed by atoms with Gasteiger partial charge in [-0.25, -0.2) is 0 Å². The van der Waals surface area contributed by atoms with Crippen molar-refractivity contribution in [3.8, 4) is 5.75 Å². The second-order valence-electron chi connectivity index (χ2n) is 8.08. The molecule has 1 aliphatic carbocycles. The molecular weight excluding hydrogens is 334 g/mol. The van der Waals surface area contributed by atoms with Crippen LogP contribution in [-0.4, -0.2) is 31.0 Å². The van der Waals surface area contributed by atoms with Gasteiger partial charge in [-0.1, -0.05) is 48.9 Å². The number of benzene rings is 2. The van der Waals surface area contributed by atoms with Crippen molar-refractivity contribution < 1.29 is 9.53 Å². The Morgan fingerprint density at radius 2 is 1.93 bits per heavy atom. The van der Waals surface area contributed by atoms with Crippen LogP contribution in [0.4, 0.5) is 0 Å². The van der Waals surface area contributed by atoms with Crippen LogP contribution in [-0.2, 0) is 16.6 Å². The first-order valence-electron chi connectivity index (χ1n) is 10.2. The van der Waals surface area contributed by atoms with E-state index in [9.17, 15) is 4.79 Å². The first kappa shape index (κ1) is 18.1. The normalized spacial score (nSPS) is 24.9. The van der Waals surface area contributed by atoms with E-state index in [1.54, 1.807) is 7.11 Å². The highest BCUT2D eigenvalue weighted by atomic mass is 16.5. The summed E-state index contributed by atoms with van der Waals surface area (Å²) in [7, 11) is 1.74. The fourth-order valence-corrected chi connectivity index (χ4v) is 5.25. The third kappa shape index (κ3) is 3.60. The molecule has 4 rings (SSSR count). The van der Waals surface area contributed by atoms with Crippen LogP contribution in [0.2, 0.25) is 0 Å². The van der Waals surface area contributed by atoms with Gasteiger partial charge in [0, 0.05) is 18.5 Å². The lowest BCUT2D eigenvalue weighted by atomic mass is 9.69. The molecular formula is C24H29NO2. The van der Waals surface area contributed by atoms with Gasteiger partial charge in [-0.15, -0.1) is 0 Å². The van der Waals surface area contributed by atoms with E-state index in [-0.39, 0.29) is 11.3 Å². The van der Waals surface area contributed by atoms with Gasteiger partial charge in [-0.3, -0.25) is 4.79 Å². The van der Waals surface area contributed by atoms with E-state index in [4.69, 9.17) is 4.74 Å². The SMILES string of the molecule is COc1cccc(C23CCCC2CN(C(=O)Cc2ccccc2)CCC3)c1. The van der Waals surface area contributed by atoms with E-state index < -0.39 is 0 Å². The van der Waals surface area contributed by atoms with Crippen molar-refractivity contribution in [3.05, 3.63) is 65.7 Å². The molecule has 1 amide bonds. The van der Waals surface area contributed by atoms with Gasteiger partial charge in [-0.05, 0) is 54.9 Å². The predicted octanol–water partition coefficient (Wildman–Crippen LogP) is 4.60. The summed E-state index contributed by atoms with van der Waals surface area (Å²) in [5, 5.41) is 0. The number of likely N-dealkylation sites (tertiary alicyclic amines) is 1. The maximum absolute atomic E-state index is 13.0. The molecule has 0 N–H and O–H groups in total. The summed E-state index contributed by atoms with van der Waals surface area (Å²) >= 11 is 0. The van der Waals surface area contributed by atoms with Crippen LogP contribution in [0.1, 0.15) is 43.2 Å². The highest BCUT2D eigenvalue weighted by Gasteiger charge is 2.46. The second kappa shape index (κ2) is 7.75. The molecule has 3 nitrogen and oxygen atoms in total. The third-order valence-corrected chi connectivity index (χ3v) is 6.64. The fraction of sp³-hybridized carbons (Fsp3) is 0.458. The van der Waals surface area contributed by atoms with Crippen LogP contribution < -0.4 is 4.74 Å². The molecule has 1 saturated heterocycles. The van der Waals surface area contributed by atoms with Crippen LogP contribution in [0.25, 0.3) is 0 Å². The van der Waals surface area contributed by atoms with Crippen molar-refractivity contribution in [2.45, 2.75) is 43.9 Å². The number of hydrogen-bond donors (Lipinski definition) is 0. The molecule has 0 spiro atoms. The van der Waals surface area contributed by atoms with E-state index in [0.29, 0.717) is 12.3 Å². The first-order valence-corrected chi connectivity index (χ1v) is 10.2. The molecule has 0 bridgehead atoms. The molecule has 1 heterocycles. The van der Waals surface area contributed by atoms with E-state index in [1.165, 1.54) is 31.2 Å². The smallest absolute Gasteiger partial charge is 0.226 e. The summed E-state index contributed by atoms with van der Waals surface area (Å²) in [5.41, 5.74) is 2.72. The van der Waals surface area contributed by atoms with E-state index in [2.05, 4.69) is 23.1 Å². The minimum atomic E-state index is 0.205. The Morgan fingerprint density at radius 1 is 1.11 bits per heavy atom. The topological polar surface area (TPSA) is 29.5 Å². The maximum Gasteiger partial charge on any atom is 0.226 e. The van der Waals surface area contributed by atoms with Crippen LogP contribution in [0.5, 0.6) is 5.75 Å². The van der Waals surface area contributed by atoms with Crippen molar-refractivity contribution in [1.82, 2.24) is 4.90 Å². The summed E-state index contributed by atoms with van der Waals surface area (Å²) in [6.07, 6.45) is 6.45. The lowest BCUT2D eigenvalue weighted by molar-refractivity contribution is -0.131. The van der Waals surface area contributed by atoms with E-state index in [1.807, 2.05) is 36.4 Å². The molecule has 1 aliphatic heterocycles. The number of hydrogen-bond acceptors (Lipinski definition) is 2. The molecule has 0 radical (unpaired) electrons. The zero-order valence-electron chi connectivity index (χ0n) is 16.2. The Kier molecular flexibility index (Phi) is 5.20. The summed E-state index contributed by atoms with van der Waals surface area (Å²) in [5.74, 6) is 1.76. The molecule has 2 aromatic carbocycles. The zero-order chi connectivity index (χ0) is 18.7. The summed E-state index contributed by atoms with van der Waals surface area (Å²) in [6, 6.07) is 18.7. The minimum absolute atomic E-state index is 0.205. The van der Waals surface area contributed by atoms with Crippen LogP contribution in [0.3, 0.4) is 0 Å². The van der Waals surface area contributed by atoms with Gasteiger partial charge in [0.05, 0.1) is 13.5 Å². The number of rotatable bonds is 4. The number of methoxy groups -OCH3 is 1. The van der Waals surface area contributed by atoms with E-state index in [0.717, 1.165) is 30.8 Å². The van der Waals surface area contributed by atoms with Crippen LogP contribution in [0, 0.1) is 5.92 Å². The van der Waals surface area contributed by atoms with Crippen LogP contribution >= 0.6 is 0 Å². The maximum atomic E-state index is 13.0. The third-order valence-electron chi connectivity index (χ3n) is 6.64. The lowest BCUT2D eigenvalue weighted by Gasteiger charge is -2.36. The predicted molar refractivity (Wildman–Crippen MR) is 108 cm³/mol. The molecule has 2 unspecified atom stereocenters. The lowest BCUT2D eigenvalue weighted by Crippen LogP contribution is -2.39. The number of carbonyl (C=O) groups excluding carboxylic acids is 1. The Bertz CT molecular complexity index is 788. The van der Waals surface area contributed by atoms with Crippen molar-refractivity contribution >= 4 is 5.91 Å². The van der Waals surface area contributed by atoms with E-state index >= 15 is 0 Å².